The first kappa shape index (κ1) is 18.8. The van der Waals surface area contributed by atoms with Gasteiger partial charge in [0, 0.05) is 32.7 Å². The quantitative estimate of drug-likeness (QED) is 0.842. The fraction of sp³-hybridized carbons (Fsp3) is 0.533. The largest absolute Gasteiger partial charge is 0.355 e. The summed E-state index contributed by atoms with van der Waals surface area (Å²) in [6.07, 6.45) is 0. The number of hydrogen-bond donors (Lipinski definition) is 1. The summed E-state index contributed by atoms with van der Waals surface area (Å²) >= 11 is 0. The number of piperazine rings is 1. The van der Waals surface area contributed by atoms with Gasteiger partial charge in [-0.15, -0.1) is 0 Å². The van der Waals surface area contributed by atoms with E-state index in [9.17, 15) is 22.0 Å². The zero-order chi connectivity index (χ0) is 17.9. The molecule has 1 aliphatic heterocycles. The number of nitrogens with one attached hydrogen (secondary N) is 1. The summed E-state index contributed by atoms with van der Waals surface area (Å²) < 4.78 is 53.6. The van der Waals surface area contributed by atoms with Gasteiger partial charge in [-0.05, 0) is 26.0 Å². The van der Waals surface area contributed by atoms with E-state index in [1.165, 1.54) is 0 Å². The van der Waals surface area contributed by atoms with Gasteiger partial charge in [0.05, 0.1) is 6.04 Å². The maximum Gasteiger partial charge on any atom is 0.249 e. The summed E-state index contributed by atoms with van der Waals surface area (Å²) in [6, 6.07) is 2.57. The Kier molecular flexibility index (Phi) is 5.89. The van der Waals surface area contributed by atoms with Gasteiger partial charge in [-0.25, -0.2) is 17.2 Å². The van der Waals surface area contributed by atoms with Crippen LogP contribution in [0, 0.1) is 11.6 Å². The SMILES string of the molecule is CCNC(=O)[C@@H](C)N1CCN(S(=O)(=O)c2c(F)cccc2F)CC1. The summed E-state index contributed by atoms with van der Waals surface area (Å²) in [4.78, 5) is 12.8. The molecule has 1 aliphatic rings. The third kappa shape index (κ3) is 3.73. The zero-order valence-corrected chi connectivity index (χ0v) is 14.4. The standard InChI is InChI=1S/C15H21F2N3O3S/c1-3-18-15(21)11(2)19-7-9-20(10-8-19)24(22,23)14-12(16)5-4-6-13(14)17/h4-6,11H,3,7-10H2,1-2H3,(H,18,21)/t11-/m1/s1. The molecule has 1 saturated heterocycles. The first-order chi connectivity index (χ1) is 11.3. The van der Waals surface area contributed by atoms with Crippen LogP contribution in [0.3, 0.4) is 0 Å². The molecule has 0 aliphatic carbocycles. The number of likely N-dealkylation sites (N-methyl/N-ethyl adjacent to an activating group) is 1. The van der Waals surface area contributed by atoms with Gasteiger partial charge in [0.15, 0.2) is 4.90 Å². The summed E-state index contributed by atoms with van der Waals surface area (Å²) in [5.41, 5.74) is 0. The van der Waals surface area contributed by atoms with Crippen LogP contribution in [0.2, 0.25) is 0 Å². The Balaban J connectivity index is 2.10. The van der Waals surface area contributed by atoms with Gasteiger partial charge < -0.3 is 5.32 Å². The molecule has 0 bridgehead atoms. The number of amides is 1. The maximum atomic E-state index is 13.8. The Morgan fingerprint density at radius 3 is 2.25 bits per heavy atom. The van der Waals surface area contributed by atoms with Crippen molar-refractivity contribution < 1.29 is 22.0 Å². The minimum atomic E-state index is -4.25. The molecular weight excluding hydrogens is 340 g/mol. The molecule has 1 atom stereocenters. The Morgan fingerprint density at radius 2 is 1.75 bits per heavy atom. The summed E-state index contributed by atoms with van der Waals surface area (Å²) in [6.45, 7) is 4.84. The van der Waals surface area contributed by atoms with E-state index >= 15 is 0 Å². The Bertz CT molecular complexity index is 684. The number of rotatable bonds is 5. The van der Waals surface area contributed by atoms with Crippen molar-refractivity contribution in [2.24, 2.45) is 0 Å². The number of halogens is 2. The smallest absolute Gasteiger partial charge is 0.249 e. The van der Waals surface area contributed by atoms with Gasteiger partial charge in [-0.3, -0.25) is 9.69 Å². The second kappa shape index (κ2) is 7.54. The minimum Gasteiger partial charge on any atom is -0.355 e. The van der Waals surface area contributed by atoms with Crippen molar-refractivity contribution in [3.8, 4) is 0 Å². The number of hydrogen-bond acceptors (Lipinski definition) is 4. The molecule has 0 aromatic heterocycles. The molecule has 6 nitrogen and oxygen atoms in total. The van der Waals surface area contributed by atoms with Crippen molar-refractivity contribution in [3.63, 3.8) is 0 Å². The predicted octanol–water partition coefficient (Wildman–Crippen LogP) is 0.796. The van der Waals surface area contributed by atoms with Gasteiger partial charge >= 0.3 is 0 Å². The summed E-state index contributed by atoms with van der Waals surface area (Å²) in [5.74, 6) is -2.34. The Labute approximate surface area is 140 Å². The summed E-state index contributed by atoms with van der Waals surface area (Å²) in [7, 11) is -4.25. The number of carbonyl (C=O) groups is 1. The van der Waals surface area contributed by atoms with E-state index in [1.807, 2.05) is 11.8 Å². The highest BCUT2D eigenvalue weighted by molar-refractivity contribution is 7.89. The normalized spacial score (nSPS) is 18.3. The van der Waals surface area contributed by atoms with Crippen LogP contribution in [0.15, 0.2) is 23.1 Å². The summed E-state index contributed by atoms with van der Waals surface area (Å²) in [5, 5.41) is 2.71. The first-order valence-corrected chi connectivity index (χ1v) is 9.19. The molecule has 2 rings (SSSR count). The predicted molar refractivity (Wildman–Crippen MR) is 84.8 cm³/mol. The topological polar surface area (TPSA) is 69.7 Å². The minimum absolute atomic E-state index is 0.0693. The number of nitrogens with zero attached hydrogens (tertiary/aromatic N) is 2. The van der Waals surface area contributed by atoms with Crippen molar-refractivity contribution in [2.45, 2.75) is 24.8 Å². The van der Waals surface area contributed by atoms with E-state index in [0.29, 0.717) is 19.6 Å². The average molecular weight is 361 g/mol. The molecule has 1 heterocycles. The fourth-order valence-corrected chi connectivity index (χ4v) is 4.21. The lowest BCUT2D eigenvalue weighted by Crippen LogP contribution is -2.55. The van der Waals surface area contributed by atoms with Crippen LogP contribution in [-0.2, 0) is 14.8 Å². The van der Waals surface area contributed by atoms with Gasteiger partial charge in [-0.2, -0.15) is 4.31 Å². The van der Waals surface area contributed by atoms with Crippen molar-refractivity contribution in [1.29, 1.82) is 0 Å². The van der Waals surface area contributed by atoms with Crippen molar-refractivity contribution in [1.82, 2.24) is 14.5 Å². The molecule has 9 heteroatoms. The highest BCUT2D eigenvalue weighted by atomic mass is 32.2. The lowest BCUT2D eigenvalue weighted by atomic mass is 10.2. The lowest BCUT2D eigenvalue weighted by Gasteiger charge is -2.36. The van der Waals surface area contributed by atoms with Crippen LogP contribution in [-0.4, -0.2) is 62.3 Å². The van der Waals surface area contributed by atoms with Crippen LogP contribution in [0.1, 0.15) is 13.8 Å². The van der Waals surface area contributed by atoms with Gasteiger partial charge in [0.1, 0.15) is 11.6 Å². The number of sulfonamides is 1. The highest BCUT2D eigenvalue weighted by Crippen LogP contribution is 2.23. The van der Waals surface area contributed by atoms with Gasteiger partial charge in [-0.1, -0.05) is 6.07 Å². The van der Waals surface area contributed by atoms with Crippen LogP contribution < -0.4 is 5.32 Å². The average Bonchev–Trinajstić information content (AvgIpc) is 2.54. The molecule has 1 N–H and O–H groups in total. The number of carbonyl (C=O) groups excluding carboxylic acids is 1. The second-order valence-electron chi connectivity index (χ2n) is 5.56. The third-order valence-electron chi connectivity index (χ3n) is 4.07. The molecule has 1 fully saturated rings. The van der Waals surface area contributed by atoms with Crippen molar-refractivity contribution >= 4 is 15.9 Å². The van der Waals surface area contributed by atoms with E-state index in [4.69, 9.17) is 0 Å². The molecule has 0 spiro atoms. The van der Waals surface area contributed by atoms with E-state index in [0.717, 1.165) is 22.5 Å². The Morgan fingerprint density at radius 1 is 1.21 bits per heavy atom. The molecular formula is C15H21F2N3O3S. The van der Waals surface area contributed by atoms with E-state index in [1.54, 1.807) is 6.92 Å². The van der Waals surface area contributed by atoms with Crippen LogP contribution >= 0.6 is 0 Å². The van der Waals surface area contributed by atoms with Crippen molar-refractivity contribution in [2.75, 3.05) is 32.7 Å². The monoisotopic (exact) mass is 361 g/mol. The Hall–Kier alpha value is -1.58. The first-order valence-electron chi connectivity index (χ1n) is 7.75. The maximum absolute atomic E-state index is 13.8. The van der Waals surface area contributed by atoms with E-state index in [2.05, 4.69) is 5.32 Å². The van der Waals surface area contributed by atoms with Crippen LogP contribution in [0.4, 0.5) is 8.78 Å². The fourth-order valence-electron chi connectivity index (χ4n) is 2.68. The molecule has 134 valence electrons. The molecule has 0 saturated carbocycles. The van der Waals surface area contributed by atoms with Crippen LogP contribution in [0.5, 0.6) is 0 Å². The van der Waals surface area contributed by atoms with E-state index in [-0.39, 0.29) is 25.0 Å². The number of benzene rings is 1. The zero-order valence-electron chi connectivity index (χ0n) is 13.6. The molecule has 1 amide bonds. The molecule has 24 heavy (non-hydrogen) atoms. The van der Waals surface area contributed by atoms with Crippen LogP contribution in [0.25, 0.3) is 0 Å². The lowest BCUT2D eigenvalue weighted by molar-refractivity contribution is -0.126. The van der Waals surface area contributed by atoms with Gasteiger partial charge in [0.25, 0.3) is 0 Å². The molecule has 1 aromatic rings. The van der Waals surface area contributed by atoms with Gasteiger partial charge in [0.2, 0.25) is 15.9 Å². The van der Waals surface area contributed by atoms with Crippen molar-refractivity contribution in [3.05, 3.63) is 29.8 Å². The third-order valence-corrected chi connectivity index (χ3v) is 6.02. The van der Waals surface area contributed by atoms with E-state index < -0.39 is 26.6 Å². The molecule has 1 aromatic carbocycles. The molecule has 0 unspecified atom stereocenters. The highest BCUT2D eigenvalue weighted by Gasteiger charge is 2.34. The second-order valence-corrected chi connectivity index (χ2v) is 7.44. The molecule has 0 radical (unpaired) electrons.